The molecule has 5 nitrogen and oxygen atoms in total. The second-order valence-electron chi connectivity index (χ2n) is 5.12. The number of halogens is 1. The van der Waals surface area contributed by atoms with Gasteiger partial charge >= 0.3 is 0 Å². The molecule has 0 radical (unpaired) electrons. The molecule has 2 rings (SSSR count). The summed E-state index contributed by atoms with van der Waals surface area (Å²) in [5.41, 5.74) is 1.97. The summed E-state index contributed by atoms with van der Waals surface area (Å²) in [6.45, 7) is 1.58. The zero-order chi connectivity index (χ0) is 17.0. The summed E-state index contributed by atoms with van der Waals surface area (Å²) in [5, 5.41) is 2.69. The first-order chi connectivity index (χ1) is 10.8. The van der Waals surface area contributed by atoms with Crippen LogP contribution in [0, 0.1) is 6.92 Å². The third-order valence-corrected chi connectivity index (χ3v) is 5.20. The minimum Gasteiger partial charge on any atom is -0.325 e. The lowest BCUT2D eigenvalue weighted by Crippen LogP contribution is -2.37. The number of benzene rings is 2. The molecular weight excluding hydrogens is 380 g/mol. The average molecular weight is 397 g/mol. The number of aryl methyl sites for hydroxylation is 1. The van der Waals surface area contributed by atoms with Crippen molar-refractivity contribution in [1.82, 2.24) is 0 Å². The molecule has 0 fully saturated rings. The predicted molar refractivity (Wildman–Crippen MR) is 96.1 cm³/mol. The van der Waals surface area contributed by atoms with Gasteiger partial charge < -0.3 is 5.32 Å². The number of amides is 1. The highest BCUT2D eigenvalue weighted by Crippen LogP contribution is 2.24. The van der Waals surface area contributed by atoms with E-state index < -0.39 is 15.9 Å². The lowest BCUT2D eigenvalue weighted by Gasteiger charge is -2.22. The molecule has 0 unspecified atom stereocenters. The average Bonchev–Trinajstić information content (AvgIpc) is 2.48. The van der Waals surface area contributed by atoms with Gasteiger partial charge in [0.1, 0.15) is 6.54 Å². The Balaban J connectivity index is 2.23. The van der Waals surface area contributed by atoms with Crippen molar-refractivity contribution in [2.75, 3.05) is 22.4 Å². The zero-order valence-corrected chi connectivity index (χ0v) is 15.2. The fourth-order valence-corrected chi connectivity index (χ4v) is 3.13. The molecule has 1 amide bonds. The van der Waals surface area contributed by atoms with Crippen molar-refractivity contribution < 1.29 is 13.2 Å². The monoisotopic (exact) mass is 396 g/mol. The molecule has 0 saturated carbocycles. The highest BCUT2D eigenvalue weighted by Gasteiger charge is 2.21. The topological polar surface area (TPSA) is 66.5 Å². The molecule has 0 heterocycles. The van der Waals surface area contributed by atoms with Crippen LogP contribution < -0.4 is 9.62 Å². The minimum absolute atomic E-state index is 0.283. The highest BCUT2D eigenvalue weighted by molar-refractivity contribution is 9.10. The van der Waals surface area contributed by atoms with E-state index in [1.807, 2.05) is 13.0 Å². The molecule has 0 aliphatic rings. The van der Waals surface area contributed by atoms with Gasteiger partial charge in [0.15, 0.2) is 0 Å². The van der Waals surface area contributed by atoms with Crippen molar-refractivity contribution in [2.24, 2.45) is 0 Å². The first-order valence-corrected chi connectivity index (χ1v) is 9.50. The second kappa shape index (κ2) is 7.14. The summed E-state index contributed by atoms with van der Waals surface area (Å²) in [7, 11) is -3.58. The largest absolute Gasteiger partial charge is 0.325 e. The van der Waals surface area contributed by atoms with Crippen LogP contribution in [0.25, 0.3) is 0 Å². The Labute approximate surface area is 144 Å². The van der Waals surface area contributed by atoms with E-state index >= 15 is 0 Å². The van der Waals surface area contributed by atoms with Crippen molar-refractivity contribution in [2.45, 2.75) is 6.92 Å². The van der Waals surface area contributed by atoms with Crippen LogP contribution in [0.1, 0.15) is 5.56 Å². The summed E-state index contributed by atoms with van der Waals surface area (Å²) < 4.78 is 26.1. The van der Waals surface area contributed by atoms with Crippen molar-refractivity contribution in [3.05, 3.63) is 58.6 Å². The molecule has 2 aromatic carbocycles. The number of hydrogen-bond acceptors (Lipinski definition) is 3. The van der Waals surface area contributed by atoms with Gasteiger partial charge in [0.05, 0.1) is 11.9 Å². The Kier molecular flexibility index (Phi) is 5.43. The summed E-state index contributed by atoms with van der Waals surface area (Å²) >= 11 is 3.38. The second-order valence-corrected chi connectivity index (χ2v) is 7.88. The van der Waals surface area contributed by atoms with Crippen molar-refractivity contribution in [3.63, 3.8) is 0 Å². The molecule has 1 N–H and O–H groups in total. The van der Waals surface area contributed by atoms with Gasteiger partial charge in [-0.05, 0) is 42.8 Å². The number of carbonyl (C=O) groups is 1. The zero-order valence-electron chi connectivity index (χ0n) is 12.8. The number of hydrogen-bond donors (Lipinski definition) is 1. The smallest absolute Gasteiger partial charge is 0.245 e. The first-order valence-electron chi connectivity index (χ1n) is 6.86. The Bertz CT molecular complexity index is 807. The summed E-state index contributed by atoms with van der Waals surface area (Å²) in [6, 6.07) is 14.1. The Morgan fingerprint density at radius 1 is 1.17 bits per heavy atom. The fourth-order valence-electron chi connectivity index (χ4n) is 2.04. The molecule has 0 aromatic heterocycles. The molecule has 7 heteroatoms. The molecule has 0 aliphatic heterocycles. The molecule has 0 spiro atoms. The minimum atomic E-state index is -3.58. The van der Waals surface area contributed by atoms with E-state index in [9.17, 15) is 13.2 Å². The molecule has 2 aromatic rings. The fraction of sp³-hybridized carbons (Fsp3) is 0.188. The number of nitrogens with zero attached hydrogens (tertiary/aromatic N) is 1. The van der Waals surface area contributed by atoms with Crippen LogP contribution in [0.5, 0.6) is 0 Å². The van der Waals surface area contributed by atoms with Crippen molar-refractivity contribution in [1.29, 1.82) is 0 Å². The van der Waals surface area contributed by atoms with Gasteiger partial charge in [-0.25, -0.2) is 8.42 Å². The number of carbonyl (C=O) groups excluding carboxylic acids is 1. The third-order valence-electron chi connectivity index (χ3n) is 3.17. The predicted octanol–water partition coefficient (Wildman–Crippen LogP) is 3.16. The molecule has 0 atom stereocenters. The maximum absolute atomic E-state index is 12.2. The van der Waals surface area contributed by atoms with Crippen molar-refractivity contribution >= 4 is 43.2 Å². The number of rotatable bonds is 5. The van der Waals surface area contributed by atoms with Crippen LogP contribution in [0.15, 0.2) is 53.0 Å². The van der Waals surface area contributed by atoms with Crippen LogP contribution in [0.3, 0.4) is 0 Å². The van der Waals surface area contributed by atoms with Crippen LogP contribution in [-0.4, -0.2) is 27.1 Å². The van der Waals surface area contributed by atoms with E-state index in [2.05, 4.69) is 21.2 Å². The molecule has 23 heavy (non-hydrogen) atoms. The standard InChI is InChI=1S/C16H17BrN2O3S/c1-12-10-14(8-9-15(12)17)19(23(2,21)22)11-16(20)18-13-6-4-3-5-7-13/h3-10H,11H2,1-2H3,(H,18,20). The molecule has 0 bridgehead atoms. The Morgan fingerprint density at radius 2 is 1.83 bits per heavy atom. The van der Waals surface area contributed by atoms with E-state index in [1.54, 1.807) is 42.5 Å². The van der Waals surface area contributed by atoms with Gasteiger partial charge in [-0.2, -0.15) is 0 Å². The summed E-state index contributed by atoms with van der Waals surface area (Å²) in [5.74, 6) is -0.401. The van der Waals surface area contributed by atoms with Crippen LogP contribution >= 0.6 is 15.9 Å². The van der Waals surface area contributed by atoms with E-state index in [0.717, 1.165) is 20.6 Å². The number of sulfonamides is 1. The molecule has 0 saturated heterocycles. The van der Waals surface area contributed by atoms with Gasteiger partial charge in [-0.3, -0.25) is 9.10 Å². The third kappa shape index (κ3) is 4.80. The first kappa shape index (κ1) is 17.5. The number of para-hydroxylation sites is 1. The summed E-state index contributed by atoms with van der Waals surface area (Å²) in [4.78, 5) is 12.2. The quantitative estimate of drug-likeness (QED) is 0.843. The van der Waals surface area contributed by atoms with Crippen molar-refractivity contribution in [3.8, 4) is 0 Å². The Hall–Kier alpha value is -1.86. The highest BCUT2D eigenvalue weighted by atomic mass is 79.9. The van der Waals surface area contributed by atoms with E-state index in [4.69, 9.17) is 0 Å². The van der Waals surface area contributed by atoms with Gasteiger partial charge in [-0.1, -0.05) is 34.1 Å². The maximum Gasteiger partial charge on any atom is 0.245 e. The van der Waals surface area contributed by atoms with E-state index in [-0.39, 0.29) is 6.54 Å². The van der Waals surface area contributed by atoms with Gasteiger partial charge in [0, 0.05) is 10.2 Å². The summed E-state index contributed by atoms with van der Waals surface area (Å²) in [6.07, 6.45) is 1.08. The number of anilines is 2. The number of nitrogens with one attached hydrogen (secondary N) is 1. The lowest BCUT2D eigenvalue weighted by molar-refractivity contribution is -0.114. The van der Waals surface area contributed by atoms with E-state index in [0.29, 0.717) is 11.4 Å². The Morgan fingerprint density at radius 3 is 2.39 bits per heavy atom. The molecular formula is C16H17BrN2O3S. The normalized spacial score (nSPS) is 11.1. The lowest BCUT2D eigenvalue weighted by atomic mass is 10.2. The van der Waals surface area contributed by atoms with Gasteiger partial charge in [-0.15, -0.1) is 0 Å². The van der Waals surface area contributed by atoms with Gasteiger partial charge in [0.25, 0.3) is 0 Å². The maximum atomic E-state index is 12.2. The molecule has 0 aliphatic carbocycles. The van der Waals surface area contributed by atoms with Gasteiger partial charge in [0.2, 0.25) is 15.9 Å². The van der Waals surface area contributed by atoms with E-state index in [1.165, 1.54) is 0 Å². The molecule has 122 valence electrons. The van der Waals surface area contributed by atoms with Crippen LogP contribution in [0.2, 0.25) is 0 Å². The SMILES string of the molecule is Cc1cc(N(CC(=O)Nc2ccccc2)S(C)(=O)=O)ccc1Br. The van der Waals surface area contributed by atoms with Crippen LogP contribution in [0.4, 0.5) is 11.4 Å². The van der Waals surface area contributed by atoms with Crippen LogP contribution in [-0.2, 0) is 14.8 Å².